The van der Waals surface area contributed by atoms with E-state index in [2.05, 4.69) is 78.5 Å². The molecule has 0 atom stereocenters. The van der Waals surface area contributed by atoms with Crippen molar-refractivity contribution < 1.29 is 0 Å². The second-order valence-electron chi connectivity index (χ2n) is 8.08. The van der Waals surface area contributed by atoms with Crippen LogP contribution in [0.2, 0.25) is 0 Å². The molecule has 0 aliphatic heterocycles. The molecule has 0 nitrogen and oxygen atoms in total. The van der Waals surface area contributed by atoms with E-state index in [0.29, 0.717) is 0 Å². The summed E-state index contributed by atoms with van der Waals surface area (Å²) in [7, 11) is -0.668. The lowest BCUT2D eigenvalue weighted by Gasteiger charge is -2.32. The predicted molar refractivity (Wildman–Crippen MR) is 87.5 cm³/mol. The maximum atomic E-state index is 2.42. The minimum Gasteiger partial charge on any atom is -0.223 e. The molecule has 0 aliphatic carbocycles. The second-order valence-corrected chi connectivity index (χ2v) is 12.2. The minimum absolute atomic E-state index is 0.223. The maximum absolute atomic E-state index is 2.42. The zero-order valence-electron chi connectivity index (χ0n) is 13.6. The summed E-state index contributed by atoms with van der Waals surface area (Å²) >= 11 is 0. The van der Waals surface area contributed by atoms with Gasteiger partial charge in [-0.15, -0.1) is 0 Å². The van der Waals surface area contributed by atoms with Gasteiger partial charge in [0.15, 0.2) is 0 Å². The van der Waals surface area contributed by atoms with Gasteiger partial charge in [0.25, 0.3) is 0 Å². The highest BCUT2D eigenvalue weighted by Gasteiger charge is 2.22. The van der Waals surface area contributed by atoms with Gasteiger partial charge in [0, 0.05) is 0 Å². The van der Waals surface area contributed by atoms with Gasteiger partial charge in [-0.2, -0.15) is 0 Å². The van der Waals surface area contributed by atoms with Crippen LogP contribution in [-0.2, 0) is 10.8 Å². The topological polar surface area (TPSA) is 0 Å². The van der Waals surface area contributed by atoms with E-state index in [4.69, 9.17) is 0 Å². The first-order chi connectivity index (χ1) is 7.82. The normalized spacial score (nSPS) is 14.7. The highest BCUT2D eigenvalue weighted by atomic mass is 32.3. The van der Waals surface area contributed by atoms with Crippen LogP contribution in [0.15, 0.2) is 23.1 Å². The van der Waals surface area contributed by atoms with Crippen LogP contribution in [-0.4, -0.2) is 18.8 Å². The molecule has 0 spiro atoms. The third kappa shape index (κ3) is 3.78. The van der Waals surface area contributed by atoms with Crippen molar-refractivity contribution in [3.05, 3.63) is 29.3 Å². The number of benzene rings is 1. The van der Waals surface area contributed by atoms with Gasteiger partial charge in [0.05, 0.1) is 0 Å². The summed E-state index contributed by atoms with van der Waals surface area (Å²) in [6.45, 7) is 13.8. The number of hydrogen-bond acceptors (Lipinski definition) is 0. The predicted octanol–water partition coefficient (Wildman–Crippen LogP) is 5.33. The van der Waals surface area contributed by atoms with Gasteiger partial charge in [-0.05, 0) is 57.8 Å². The van der Waals surface area contributed by atoms with Crippen LogP contribution in [0.25, 0.3) is 0 Å². The third-order valence-corrected chi connectivity index (χ3v) is 5.00. The number of rotatable bonds is 1. The Balaban J connectivity index is 3.49. The fraction of sp³-hybridized carbons (Fsp3) is 0.647. The van der Waals surface area contributed by atoms with E-state index in [-0.39, 0.29) is 10.8 Å². The van der Waals surface area contributed by atoms with Gasteiger partial charge in [0.1, 0.15) is 0 Å². The van der Waals surface area contributed by atoms with Gasteiger partial charge in [-0.1, -0.05) is 47.6 Å². The van der Waals surface area contributed by atoms with Crippen LogP contribution >= 0.6 is 10.0 Å². The Hall–Kier alpha value is -0.430. The average Bonchev–Trinajstić information content (AvgIpc) is 2.13. The molecule has 0 aliphatic rings. The highest BCUT2D eigenvalue weighted by Crippen LogP contribution is 2.47. The van der Waals surface area contributed by atoms with E-state index in [1.165, 1.54) is 16.0 Å². The first kappa shape index (κ1) is 15.6. The summed E-state index contributed by atoms with van der Waals surface area (Å²) in [5, 5.41) is 0. The smallest absolute Gasteiger partial charge is 0.0100 e. The molecule has 0 heterocycles. The standard InChI is InChI=1S/C17H30S/c1-16(2,3)13-10-14(17(4,5)6)12-15(11-13)18(7,8)9/h10-12H,1-9H3. The van der Waals surface area contributed by atoms with E-state index in [1.807, 2.05) is 0 Å². The Labute approximate surface area is 116 Å². The van der Waals surface area contributed by atoms with Crippen molar-refractivity contribution in [3.63, 3.8) is 0 Å². The molecule has 0 unspecified atom stereocenters. The zero-order valence-corrected chi connectivity index (χ0v) is 14.5. The van der Waals surface area contributed by atoms with Crippen molar-refractivity contribution in [2.45, 2.75) is 57.3 Å². The Kier molecular flexibility index (Phi) is 3.99. The fourth-order valence-electron chi connectivity index (χ4n) is 1.82. The molecular formula is C17H30S. The van der Waals surface area contributed by atoms with E-state index in [1.54, 1.807) is 0 Å². The quantitative estimate of drug-likeness (QED) is 0.644. The lowest BCUT2D eigenvalue weighted by molar-refractivity contribution is 0.565. The molecule has 0 saturated carbocycles. The summed E-state index contributed by atoms with van der Waals surface area (Å²) < 4.78 is 0. The van der Waals surface area contributed by atoms with Crippen LogP contribution in [0, 0.1) is 0 Å². The maximum Gasteiger partial charge on any atom is -0.0100 e. The minimum atomic E-state index is -0.668. The molecule has 18 heavy (non-hydrogen) atoms. The lowest BCUT2D eigenvalue weighted by Crippen LogP contribution is -2.17. The molecule has 1 heteroatoms. The van der Waals surface area contributed by atoms with Crippen molar-refractivity contribution in [2.75, 3.05) is 18.8 Å². The number of hydrogen-bond donors (Lipinski definition) is 0. The molecule has 0 aromatic heterocycles. The summed E-state index contributed by atoms with van der Waals surface area (Å²) in [5.74, 6) is 0. The van der Waals surface area contributed by atoms with Crippen molar-refractivity contribution in [3.8, 4) is 0 Å². The molecular weight excluding hydrogens is 236 g/mol. The van der Waals surface area contributed by atoms with Gasteiger partial charge < -0.3 is 0 Å². The Bertz CT molecular complexity index is 343. The van der Waals surface area contributed by atoms with Crippen molar-refractivity contribution in [1.29, 1.82) is 0 Å². The molecule has 1 aromatic carbocycles. The Morgan fingerprint density at radius 1 is 0.667 bits per heavy atom. The van der Waals surface area contributed by atoms with Crippen LogP contribution in [0.5, 0.6) is 0 Å². The molecule has 0 bridgehead atoms. The van der Waals surface area contributed by atoms with Crippen LogP contribution < -0.4 is 0 Å². The molecule has 0 saturated heterocycles. The van der Waals surface area contributed by atoms with E-state index in [9.17, 15) is 0 Å². The SMILES string of the molecule is CC(C)(C)c1cc(C(C)(C)C)cc(S(C)(C)C)c1. The third-order valence-electron chi connectivity index (χ3n) is 3.35. The first-order valence-electron chi connectivity index (χ1n) is 6.66. The van der Waals surface area contributed by atoms with Gasteiger partial charge in [-0.3, -0.25) is 0 Å². The second kappa shape index (κ2) is 4.59. The Morgan fingerprint density at radius 2 is 1.00 bits per heavy atom. The van der Waals surface area contributed by atoms with Crippen LogP contribution in [0.4, 0.5) is 0 Å². The highest BCUT2D eigenvalue weighted by molar-refractivity contribution is 8.32. The van der Waals surface area contributed by atoms with Crippen LogP contribution in [0.3, 0.4) is 0 Å². The molecule has 1 aromatic rings. The average molecular weight is 266 g/mol. The van der Waals surface area contributed by atoms with Crippen molar-refractivity contribution >= 4 is 10.0 Å². The van der Waals surface area contributed by atoms with E-state index >= 15 is 0 Å². The molecule has 1 rings (SSSR count). The van der Waals surface area contributed by atoms with E-state index < -0.39 is 10.0 Å². The molecule has 0 radical (unpaired) electrons. The zero-order chi connectivity index (χ0) is 14.4. The molecule has 0 amide bonds. The molecule has 0 N–H and O–H groups in total. The molecule has 104 valence electrons. The van der Waals surface area contributed by atoms with Gasteiger partial charge >= 0.3 is 0 Å². The lowest BCUT2D eigenvalue weighted by atomic mass is 9.81. The van der Waals surface area contributed by atoms with E-state index in [0.717, 1.165) is 0 Å². The summed E-state index contributed by atoms with van der Waals surface area (Å²) in [5.41, 5.74) is 3.38. The monoisotopic (exact) mass is 266 g/mol. The van der Waals surface area contributed by atoms with Crippen LogP contribution in [0.1, 0.15) is 52.7 Å². The first-order valence-corrected chi connectivity index (χ1v) is 9.52. The van der Waals surface area contributed by atoms with Crippen molar-refractivity contribution in [1.82, 2.24) is 0 Å². The fourth-order valence-corrected chi connectivity index (χ4v) is 2.78. The molecule has 0 fully saturated rings. The van der Waals surface area contributed by atoms with Crippen molar-refractivity contribution in [2.24, 2.45) is 0 Å². The summed E-state index contributed by atoms with van der Waals surface area (Å²) in [6, 6.07) is 7.24. The van der Waals surface area contributed by atoms with Gasteiger partial charge in [-0.25, -0.2) is 10.0 Å². The summed E-state index contributed by atoms with van der Waals surface area (Å²) in [6.07, 6.45) is 7.13. The van der Waals surface area contributed by atoms with Gasteiger partial charge in [0.2, 0.25) is 0 Å². The summed E-state index contributed by atoms with van der Waals surface area (Å²) in [4.78, 5) is 1.53. The Morgan fingerprint density at radius 3 is 1.22 bits per heavy atom. The largest absolute Gasteiger partial charge is 0.223 e.